The van der Waals surface area contributed by atoms with E-state index in [1.165, 1.54) is 5.56 Å². The van der Waals surface area contributed by atoms with E-state index in [1.807, 2.05) is 31.2 Å². The average molecular weight is 292 g/mol. The van der Waals surface area contributed by atoms with Crippen molar-refractivity contribution in [3.63, 3.8) is 0 Å². The highest BCUT2D eigenvalue weighted by atomic mass is 32.1. The molecule has 0 saturated heterocycles. The molecule has 0 heterocycles. The van der Waals surface area contributed by atoms with E-state index in [1.54, 1.807) is 11.9 Å². The first-order valence-electron chi connectivity index (χ1n) is 6.79. The number of benzene rings is 1. The fourth-order valence-electron chi connectivity index (χ4n) is 1.94. The molecule has 1 aromatic rings. The van der Waals surface area contributed by atoms with Crippen molar-refractivity contribution in [1.29, 1.82) is 0 Å². The number of hydrogen-bond donors (Lipinski definition) is 1. The van der Waals surface area contributed by atoms with Gasteiger partial charge in [0.2, 0.25) is 0 Å². The van der Waals surface area contributed by atoms with Crippen LogP contribution in [0.15, 0.2) is 24.3 Å². The molecule has 0 bridgehead atoms. The van der Waals surface area contributed by atoms with Gasteiger partial charge in [0.1, 0.15) is 0 Å². The van der Waals surface area contributed by atoms with Crippen LogP contribution in [0.25, 0.3) is 0 Å². The number of carbonyl (C=O) groups excluding carboxylic acids is 1. The summed E-state index contributed by atoms with van der Waals surface area (Å²) in [6, 6.07) is 7.79. The smallest absolute Gasteiger partial charge is 0.253 e. The summed E-state index contributed by atoms with van der Waals surface area (Å²) in [6.45, 7) is 8.40. The highest BCUT2D eigenvalue weighted by Crippen LogP contribution is 2.22. The number of nitrogens with two attached hydrogens (primary N) is 1. The number of amides is 1. The van der Waals surface area contributed by atoms with E-state index in [0.29, 0.717) is 17.0 Å². The summed E-state index contributed by atoms with van der Waals surface area (Å²) in [5.41, 5.74) is 7.53. The Morgan fingerprint density at radius 2 is 1.80 bits per heavy atom. The summed E-state index contributed by atoms with van der Waals surface area (Å²) in [5, 5.41) is 0. The predicted molar refractivity (Wildman–Crippen MR) is 88.1 cm³/mol. The van der Waals surface area contributed by atoms with Gasteiger partial charge in [-0.1, -0.05) is 45.1 Å². The van der Waals surface area contributed by atoms with E-state index >= 15 is 0 Å². The molecule has 0 saturated carbocycles. The second-order valence-corrected chi connectivity index (χ2v) is 6.79. The maximum atomic E-state index is 12.4. The molecule has 0 radical (unpaired) electrons. The highest BCUT2D eigenvalue weighted by molar-refractivity contribution is 7.80. The number of rotatable bonds is 4. The Bertz CT molecular complexity index is 488. The monoisotopic (exact) mass is 292 g/mol. The van der Waals surface area contributed by atoms with Gasteiger partial charge >= 0.3 is 0 Å². The molecule has 0 aliphatic rings. The van der Waals surface area contributed by atoms with Crippen LogP contribution in [-0.2, 0) is 5.41 Å². The molecule has 0 aromatic heterocycles. The van der Waals surface area contributed by atoms with Gasteiger partial charge in [-0.25, -0.2) is 0 Å². The second kappa shape index (κ2) is 6.35. The highest BCUT2D eigenvalue weighted by Gasteiger charge is 2.19. The van der Waals surface area contributed by atoms with Gasteiger partial charge < -0.3 is 10.6 Å². The maximum absolute atomic E-state index is 12.4. The molecule has 110 valence electrons. The third-order valence-corrected chi connectivity index (χ3v) is 3.64. The van der Waals surface area contributed by atoms with Crippen molar-refractivity contribution in [2.75, 3.05) is 7.05 Å². The third-order valence-electron chi connectivity index (χ3n) is 3.48. The number of hydrogen-bond acceptors (Lipinski definition) is 2. The van der Waals surface area contributed by atoms with Gasteiger partial charge in [-0.05, 0) is 30.0 Å². The van der Waals surface area contributed by atoms with Crippen LogP contribution in [0.1, 0.15) is 50.0 Å². The predicted octanol–water partition coefficient (Wildman–Crippen LogP) is 3.12. The van der Waals surface area contributed by atoms with Crippen molar-refractivity contribution in [2.45, 2.75) is 45.6 Å². The molecule has 20 heavy (non-hydrogen) atoms. The summed E-state index contributed by atoms with van der Waals surface area (Å²) in [4.78, 5) is 14.5. The average Bonchev–Trinajstić information content (AvgIpc) is 2.35. The fraction of sp³-hybridized carbons (Fsp3) is 0.500. The first kappa shape index (κ1) is 16.6. The minimum absolute atomic E-state index is 0.00212. The van der Waals surface area contributed by atoms with E-state index in [4.69, 9.17) is 18.0 Å². The van der Waals surface area contributed by atoms with Gasteiger partial charge in [-0.2, -0.15) is 0 Å². The number of thiocarbonyl (C=S) groups is 1. The fourth-order valence-corrected chi connectivity index (χ4v) is 2.19. The molecule has 0 fully saturated rings. The SMILES string of the molecule is CC(CC(N)=S)N(C)C(=O)c1ccc(C(C)(C)C)cc1. The lowest BCUT2D eigenvalue weighted by Crippen LogP contribution is -2.37. The Balaban J connectivity index is 2.85. The Kier molecular flexibility index (Phi) is 5.28. The van der Waals surface area contributed by atoms with Crippen molar-refractivity contribution in [3.05, 3.63) is 35.4 Å². The van der Waals surface area contributed by atoms with Gasteiger partial charge in [0.25, 0.3) is 5.91 Å². The summed E-state index contributed by atoms with van der Waals surface area (Å²) < 4.78 is 0. The molecular formula is C16H24N2OS. The zero-order valence-electron chi connectivity index (χ0n) is 12.9. The number of carbonyl (C=O) groups is 1. The van der Waals surface area contributed by atoms with E-state index in [2.05, 4.69) is 20.8 Å². The summed E-state index contributed by atoms with van der Waals surface area (Å²) >= 11 is 4.89. The van der Waals surface area contributed by atoms with E-state index < -0.39 is 0 Å². The molecule has 1 atom stereocenters. The molecule has 1 aromatic carbocycles. The molecule has 3 nitrogen and oxygen atoms in total. The van der Waals surface area contributed by atoms with Crippen LogP contribution in [0.3, 0.4) is 0 Å². The molecular weight excluding hydrogens is 268 g/mol. The molecule has 0 aliphatic heterocycles. The lowest BCUT2D eigenvalue weighted by molar-refractivity contribution is 0.0748. The maximum Gasteiger partial charge on any atom is 0.253 e. The first-order chi connectivity index (χ1) is 9.12. The standard InChI is InChI=1S/C16H24N2OS/c1-11(10-14(17)20)18(5)15(19)12-6-8-13(9-7-12)16(2,3)4/h6-9,11H,10H2,1-5H3,(H2,17,20). The quantitative estimate of drug-likeness (QED) is 0.867. The second-order valence-electron chi connectivity index (χ2n) is 6.26. The van der Waals surface area contributed by atoms with Crippen LogP contribution >= 0.6 is 12.2 Å². The van der Waals surface area contributed by atoms with Crippen LogP contribution in [0.4, 0.5) is 0 Å². The van der Waals surface area contributed by atoms with Crippen LogP contribution in [0.5, 0.6) is 0 Å². The van der Waals surface area contributed by atoms with Gasteiger partial charge in [-0.3, -0.25) is 4.79 Å². The Labute approximate surface area is 127 Å². The van der Waals surface area contributed by atoms with Crippen molar-refractivity contribution < 1.29 is 4.79 Å². The molecule has 1 unspecified atom stereocenters. The van der Waals surface area contributed by atoms with E-state index in [9.17, 15) is 4.79 Å². The van der Waals surface area contributed by atoms with Crippen LogP contribution in [0.2, 0.25) is 0 Å². The Morgan fingerprint density at radius 1 is 1.30 bits per heavy atom. The van der Waals surface area contributed by atoms with Crippen LogP contribution in [-0.4, -0.2) is 28.9 Å². The topological polar surface area (TPSA) is 46.3 Å². The summed E-state index contributed by atoms with van der Waals surface area (Å²) in [5.74, 6) is -0.00536. The summed E-state index contributed by atoms with van der Waals surface area (Å²) in [6.07, 6.45) is 0.539. The summed E-state index contributed by atoms with van der Waals surface area (Å²) in [7, 11) is 1.78. The van der Waals surface area contributed by atoms with Crippen molar-refractivity contribution >= 4 is 23.1 Å². The molecule has 2 N–H and O–H groups in total. The zero-order chi connectivity index (χ0) is 15.5. The molecule has 0 aliphatic carbocycles. The van der Waals surface area contributed by atoms with Crippen LogP contribution < -0.4 is 5.73 Å². The minimum atomic E-state index is -0.00536. The lowest BCUT2D eigenvalue weighted by Gasteiger charge is -2.25. The Morgan fingerprint density at radius 3 is 2.20 bits per heavy atom. The van der Waals surface area contributed by atoms with Crippen molar-refractivity contribution in [1.82, 2.24) is 4.90 Å². The van der Waals surface area contributed by atoms with Crippen molar-refractivity contribution in [2.24, 2.45) is 5.73 Å². The molecule has 4 heteroatoms. The van der Waals surface area contributed by atoms with Crippen LogP contribution in [0, 0.1) is 0 Å². The van der Waals surface area contributed by atoms with E-state index in [0.717, 1.165) is 0 Å². The van der Waals surface area contributed by atoms with Gasteiger partial charge in [-0.15, -0.1) is 0 Å². The van der Waals surface area contributed by atoms with Gasteiger partial charge in [0.15, 0.2) is 0 Å². The molecule has 1 amide bonds. The van der Waals surface area contributed by atoms with Gasteiger partial charge in [0, 0.05) is 25.1 Å². The van der Waals surface area contributed by atoms with E-state index in [-0.39, 0.29) is 17.4 Å². The first-order valence-corrected chi connectivity index (χ1v) is 7.19. The molecule has 0 spiro atoms. The normalized spacial score (nSPS) is 12.8. The van der Waals surface area contributed by atoms with Crippen molar-refractivity contribution in [3.8, 4) is 0 Å². The minimum Gasteiger partial charge on any atom is -0.393 e. The third kappa shape index (κ3) is 4.30. The zero-order valence-corrected chi connectivity index (χ0v) is 13.8. The number of nitrogens with zero attached hydrogens (tertiary/aromatic N) is 1. The van der Waals surface area contributed by atoms with Gasteiger partial charge in [0.05, 0.1) is 4.99 Å². The lowest BCUT2D eigenvalue weighted by atomic mass is 9.86. The molecule has 1 rings (SSSR count). The largest absolute Gasteiger partial charge is 0.393 e. The Hall–Kier alpha value is -1.42.